The zero-order chi connectivity index (χ0) is 15.2. The summed E-state index contributed by atoms with van der Waals surface area (Å²) in [6.07, 6.45) is 2.89. The average Bonchev–Trinajstić information content (AvgIpc) is 2.47. The van der Waals surface area contributed by atoms with Crippen molar-refractivity contribution in [3.63, 3.8) is 0 Å². The van der Waals surface area contributed by atoms with Crippen molar-refractivity contribution in [2.45, 2.75) is 12.8 Å². The van der Waals surface area contributed by atoms with Crippen LogP contribution in [0.25, 0.3) is 0 Å². The predicted octanol–water partition coefficient (Wildman–Crippen LogP) is 0.751. The summed E-state index contributed by atoms with van der Waals surface area (Å²) in [6.45, 7) is 3.21. The molecule has 2 rings (SSSR count). The first-order chi connectivity index (χ1) is 10.1. The van der Waals surface area contributed by atoms with E-state index in [0.29, 0.717) is 12.8 Å². The zero-order valence-electron chi connectivity index (χ0n) is 12.6. The van der Waals surface area contributed by atoms with Crippen molar-refractivity contribution in [2.75, 3.05) is 50.5 Å². The van der Waals surface area contributed by atoms with Gasteiger partial charge in [-0.25, -0.2) is 9.97 Å². The Bertz CT molecular complexity index is 472. The van der Waals surface area contributed by atoms with E-state index in [2.05, 4.69) is 25.1 Å². The topological polar surface area (TPSA) is 81.6 Å². The molecule has 1 saturated heterocycles. The number of likely N-dealkylation sites (N-methyl/N-ethyl adjacent to an activating group) is 1. The lowest BCUT2D eigenvalue weighted by molar-refractivity contribution is -0.142. The smallest absolute Gasteiger partial charge is 0.306 e. The van der Waals surface area contributed by atoms with Crippen LogP contribution in [0.5, 0.6) is 0 Å². The van der Waals surface area contributed by atoms with E-state index in [1.54, 1.807) is 6.33 Å². The van der Waals surface area contributed by atoms with E-state index < -0.39 is 5.97 Å². The molecular formula is C14H23N5O2. The maximum Gasteiger partial charge on any atom is 0.306 e. The van der Waals surface area contributed by atoms with Crippen LogP contribution in [0.2, 0.25) is 0 Å². The monoisotopic (exact) mass is 293 g/mol. The standard InChI is InChI=1S/C14H23N5O2/c1-18(2)8-5-15-12-9-13(17-10-16-12)19-6-3-11(4-7-19)14(20)21/h9-11H,3-8H2,1-2H3,(H,20,21)(H,15,16,17). The first kappa shape index (κ1) is 15.5. The lowest BCUT2D eigenvalue weighted by Crippen LogP contribution is -2.36. The molecule has 21 heavy (non-hydrogen) atoms. The van der Waals surface area contributed by atoms with Gasteiger partial charge in [-0.3, -0.25) is 4.79 Å². The summed E-state index contributed by atoms with van der Waals surface area (Å²) >= 11 is 0. The summed E-state index contributed by atoms with van der Waals surface area (Å²) in [4.78, 5) is 23.7. The number of carboxylic acid groups (broad SMARTS) is 1. The van der Waals surface area contributed by atoms with Gasteiger partial charge in [0.15, 0.2) is 0 Å². The summed E-state index contributed by atoms with van der Waals surface area (Å²) in [7, 11) is 4.05. The Morgan fingerprint density at radius 2 is 2.14 bits per heavy atom. The van der Waals surface area contributed by atoms with Crippen LogP contribution in [-0.2, 0) is 4.79 Å². The minimum atomic E-state index is -0.691. The van der Waals surface area contributed by atoms with Crippen molar-refractivity contribution in [3.05, 3.63) is 12.4 Å². The molecule has 2 N–H and O–H groups in total. The van der Waals surface area contributed by atoms with E-state index in [0.717, 1.165) is 37.8 Å². The number of anilines is 2. The summed E-state index contributed by atoms with van der Waals surface area (Å²) < 4.78 is 0. The second-order valence-electron chi connectivity index (χ2n) is 5.59. The molecule has 0 saturated carbocycles. The Hall–Kier alpha value is -1.89. The molecule has 7 nitrogen and oxygen atoms in total. The van der Waals surface area contributed by atoms with E-state index in [-0.39, 0.29) is 5.92 Å². The number of carbonyl (C=O) groups is 1. The number of piperidine rings is 1. The molecule has 1 aliphatic heterocycles. The number of nitrogens with one attached hydrogen (secondary N) is 1. The fourth-order valence-corrected chi connectivity index (χ4v) is 2.38. The van der Waals surface area contributed by atoms with Crippen molar-refractivity contribution in [2.24, 2.45) is 5.92 Å². The fourth-order valence-electron chi connectivity index (χ4n) is 2.38. The first-order valence-electron chi connectivity index (χ1n) is 7.24. The Morgan fingerprint density at radius 3 is 2.76 bits per heavy atom. The lowest BCUT2D eigenvalue weighted by atomic mass is 9.97. The van der Waals surface area contributed by atoms with Crippen LogP contribution in [0.4, 0.5) is 11.6 Å². The average molecular weight is 293 g/mol. The molecule has 0 aromatic carbocycles. The minimum absolute atomic E-state index is 0.222. The molecule has 116 valence electrons. The van der Waals surface area contributed by atoms with Crippen molar-refractivity contribution < 1.29 is 9.90 Å². The van der Waals surface area contributed by atoms with Crippen LogP contribution in [-0.4, -0.2) is 66.2 Å². The Balaban J connectivity index is 1.90. The quantitative estimate of drug-likeness (QED) is 0.801. The van der Waals surface area contributed by atoms with E-state index in [9.17, 15) is 4.79 Å². The molecule has 0 atom stereocenters. The van der Waals surface area contributed by atoms with E-state index in [4.69, 9.17) is 5.11 Å². The maximum atomic E-state index is 11.0. The second kappa shape index (κ2) is 7.21. The van der Waals surface area contributed by atoms with Gasteiger partial charge in [-0.2, -0.15) is 0 Å². The Morgan fingerprint density at radius 1 is 1.43 bits per heavy atom. The summed E-state index contributed by atoms with van der Waals surface area (Å²) in [5, 5.41) is 12.3. The molecule has 0 spiro atoms. The molecule has 1 aliphatic rings. The van der Waals surface area contributed by atoms with Crippen LogP contribution in [0.3, 0.4) is 0 Å². The predicted molar refractivity (Wildman–Crippen MR) is 81.6 cm³/mol. The number of nitrogens with zero attached hydrogens (tertiary/aromatic N) is 4. The molecule has 1 aromatic heterocycles. The van der Waals surface area contributed by atoms with Crippen LogP contribution in [0.15, 0.2) is 12.4 Å². The van der Waals surface area contributed by atoms with Gasteiger partial charge in [0, 0.05) is 32.2 Å². The SMILES string of the molecule is CN(C)CCNc1cc(N2CCC(C(=O)O)CC2)ncn1. The van der Waals surface area contributed by atoms with Crippen molar-refractivity contribution in [1.29, 1.82) is 0 Å². The number of hydrogen-bond donors (Lipinski definition) is 2. The van der Waals surface area contributed by atoms with E-state index in [1.807, 2.05) is 20.2 Å². The fraction of sp³-hybridized carbons (Fsp3) is 0.643. The van der Waals surface area contributed by atoms with Gasteiger partial charge in [-0.05, 0) is 26.9 Å². The van der Waals surface area contributed by atoms with Gasteiger partial charge in [0.25, 0.3) is 0 Å². The van der Waals surface area contributed by atoms with Crippen molar-refractivity contribution >= 4 is 17.6 Å². The first-order valence-corrected chi connectivity index (χ1v) is 7.24. The molecule has 1 aromatic rings. The third kappa shape index (κ3) is 4.56. The van der Waals surface area contributed by atoms with Gasteiger partial charge in [0.2, 0.25) is 0 Å². The minimum Gasteiger partial charge on any atom is -0.481 e. The molecule has 0 radical (unpaired) electrons. The normalized spacial score (nSPS) is 16.2. The molecule has 0 amide bonds. The van der Waals surface area contributed by atoms with Crippen molar-refractivity contribution in [1.82, 2.24) is 14.9 Å². The number of aliphatic carboxylic acids is 1. The number of carboxylic acids is 1. The number of rotatable bonds is 6. The summed E-state index contributed by atoms with van der Waals surface area (Å²) in [6, 6.07) is 1.93. The van der Waals surface area contributed by atoms with Gasteiger partial charge >= 0.3 is 5.97 Å². The molecule has 0 unspecified atom stereocenters. The third-order valence-electron chi connectivity index (χ3n) is 3.69. The molecular weight excluding hydrogens is 270 g/mol. The Kier molecular flexibility index (Phi) is 5.32. The van der Waals surface area contributed by atoms with Crippen LogP contribution in [0.1, 0.15) is 12.8 Å². The van der Waals surface area contributed by atoms with Gasteiger partial charge in [-0.15, -0.1) is 0 Å². The Labute approximate surface area is 125 Å². The third-order valence-corrected chi connectivity index (χ3v) is 3.69. The highest BCUT2D eigenvalue weighted by molar-refractivity contribution is 5.70. The largest absolute Gasteiger partial charge is 0.481 e. The molecule has 0 aliphatic carbocycles. The summed E-state index contributed by atoms with van der Waals surface area (Å²) in [5.41, 5.74) is 0. The number of aromatic nitrogens is 2. The van der Waals surface area contributed by atoms with E-state index in [1.165, 1.54) is 0 Å². The van der Waals surface area contributed by atoms with Gasteiger partial charge in [0.05, 0.1) is 5.92 Å². The number of hydrogen-bond acceptors (Lipinski definition) is 6. The molecule has 2 heterocycles. The second-order valence-corrected chi connectivity index (χ2v) is 5.59. The zero-order valence-corrected chi connectivity index (χ0v) is 12.6. The molecule has 0 bridgehead atoms. The van der Waals surface area contributed by atoms with Crippen LogP contribution in [0, 0.1) is 5.92 Å². The highest BCUT2D eigenvalue weighted by atomic mass is 16.4. The van der Waals surface area contributed by atoms with Crippen LogP contribution < -0.4 is 10.2 Å². The van der Waals surface area contributed by atoms with Gasteiger partial charge in [0.1, 0.15) is 18.0 Å². The van der Waals surface area contributed by atoms with Gasteiger partial charge < -0.3 is 20.2 Å². The highest BCUT2D eigenvalue weighted by Gasteiger charge is 2.25. The lowest BCUT2D eigenvalue weighted by Gasteiger charge is -2.31. The maximum absolute atomic E-state index is 11.0. The van der Waals surface area contributed by atoms with Crippen LogP contribution >= 0.6 is 0 Å². The van der Waals surface area contributed by atoms with Crippen molar-refractivity contribution in [3.8, 4) is 0 Å². The van der Waals surface area contributed by atoms with Gasteiger partial charge in [-0.1, -0.05) is 0 Å². The molecule has 7 heteroatoms. The molecule has 1 fully saturated rings. The summed E-state index contributed by atoms with van der Waals surface area (Å²) in [5.74, 6) is 0.757. The highest BCUT2D eigenvalue weighted by Crippen LogP contribution is 2.22. The van der Waals surface area contributed by atoms with E-state index >= 15 is 0 Å².